The summed E-state index contributed by atoms with van der Waals surface area (Å²) in [5.74, 6) is -0.620. The van der Waals surface area contributed by atoms with Gasteiger partial charge in [0.25, 0.3) is 5.91 Å². The van der Waals surface area contributed by atoms with Crippen LogP contribution in [0.5, 0.6) is 0 Å². The van der Waals surface area contributed by atoms with Crippen LogP contribution in [0.4, 0.5) is 5.69 Å². The number of nitrogens with one attached hydrogen (secondary N) is 2. The van der Waals surface area contributed by atoms with Gasteiger partial charge in [-0.2, -0.15) is 15.3 Å². The van der Waals surface area contributed by atoms with Crippen molar-refractivity contribution >= 4 is 17.5 Å². The minimum Gasteiger partial charge on any atom is -0.346 e. The molecule has 26 heavy (non-hydrogen) atoms. The average molecular weight is 356 g/mol. The zero-order valence-corrected chi connectivity index (χ0v) is 14.8. The number of nitrogens with zero attached hydrogens (tertiary/aromatic N) is 6. The van der Waals surface area contributed by atoms with Gasteiger partial charge in [-0.25, -0.2) is 0 Å². The highest BCUT2D eigenvalue weighted by Crippen LogP contribution is 2.14. The summed E-state index contributed by atoms with van der Waals surface area (Å²) in [5, 5.41) is 17.7. The SMILES string of the molecule is Cc1ccnn1CC(=O)Nc1cnn(C)c1C(=O)NCc1cnn(C)c1. The molecule has 3 rings (SSSR count). The van der Waals surface area contributed by atoms with Crippen LogP contribution in [0.2, 0.25) is 0 Å². The van der Waals surface area contributed by atoms with Gasteiger partial charge in [-0.05, 0) is 13.0 Å². The van der Waals surface area contributed by atoms with Gasteiger partial charge in [-0.3, -0.25) is 23.6 Å². The first-order chi connectivity index (χ1) is 12.4. The van der Waals surface area contributed by atoms with Crippen molar-refractivity contribution in [2.45, 2.75) is 20.0 Å². The van der Waals surface area contributed by atoms with Gasteiger partial charge in [0.05, 0.1) is 18.1 Å². The maximum Gasteiger partial charge on any atom is 0.271 e. The molecule has 0 radical (unpaired) electrons. The molecule has 0 saturated heterocycles. The van der Waals surface area contributed by atoms with Gasteiger partial charge in [0.2, 0.25) is 5.91 Å². The molecule has 0 aliphatic carbocycles. The number of hydrogen-bond donors (Lipinski definition) is 2. The number of aromatic nitrogens is 6. The zero-order chi connectivity index (χ0) is 18.7. The highest BCUT2D eigenvalue weighted by Gasteiger charge is 2.19. The lowest BCUT2D eigenvalue weighted by atomic mass is 10.3. The monoisotopic (exact) mass is 356 g/mol. The summed E-state index contributed by atoms with van der Waals surface area (Å²) >= 11 is 0. The van der Waals surface area contributed by atoms with Crippen molar-refractivity contribution in [3.63, 3.8) is 0 Å². The first-order valence-corrected chi connectivity index (χ1v) is 8.00. The van der Waals surface area contributed by atoms with Gasteiger partial charge < -0.3 is 10.6 Å². The molecule has 10 heteroatoms. The second-order valence-corrected chi connectivity index (χ2v) is 5.91. The van der Waals surface area contributed by atoms with Crippen molar-refractivity contribution in [1.82, 2.24) is 34.7 Å². The minimum atomic E-state index is -0.334. The van der Waals surface area contributed by atoms with Crippen LogP contribution >= 0.6 is 0 Å². The minimum absolute atomic E-state index is 0.0600. The smallest absolute Gasteiger partial charge is 0.271 e. The lowest BCUT2D eigenvalue weighted by Crippen LogP contribution is -2.27. The topological polar surface area (TPSA) is 112 Å². The standard InChI is InChI=1S/C16H20N8O2/c1-11-4-5-18-24(11)10-14(25)21-13-8-20-23(3)15(13)16(26)17-6-12-7-19-22(2)9-12/h4-5,7-9H,6,10H2,1-3H3,(H,17,26)(H,21,25). The molecular formula is C16H20N8O2. The summed E-state index contributed by atoms with van der Waals surface area (Å²) in [6, 6.07) is 1.81. The van der Waals surface area contributed by atoms with Crippen LogP contribution < -0.4 is 10.6 Å². The molecule has 0 atom stereocenters. The van der Waals surface area contributed by atoms with Crippen LogP contribution in [0.3, 0.4) is 0 Å². The Hall–Kier alpha value is -3.43. The van der Waals surface area contributed by atoms with E-state index in [4.69, 9.17) is 0 Å². The number of hydrogen-bond acceptors (Lipinski definition) is 5. The summed E-state index contributed by atoms with van der Waals surface area (Å²) in [6.07, 6.45) is 6.58. The molecule has 0 fully saturated rings. The van der Waals surface area contributed by atoms with E-state index in [9.17, 15) is 9.59 Å². The molecule has 0 aliphatic rings. The Balaban J connectivity index is 1.66. The molecule has 0 aliphatic heterocycles. The van der Waals surface area contributed by atoms with Crippen LogP contribution in [0.15, 0.2) is 30.9 Å². The third-order valence-electron chi connectivity index (χ3n) is 3.86. The summed E-state index contributed by atoms with van der Waals surface area (Å²) in [6.45, 7) is 2.25. The average Bonchev–Trinajstić information content (AvgIpc) is 3.28. The molecule has 0 aromatic carbocycles. The lowest BCUT2D eigenvalue weighted by molar-refractivity contribution is -0.116. The highest BCUT2D eigenvalue weighted by atomic mass is 16.2. The van der Waals surface area contributed by atoms with Crippen LogP contribution in [-0.4, -0.2) is 41.2 Å². The van der Waals surface area contributed by atoms with Gasteiger partial charge in [0.1, 0.15) is 12.2 Å². The molecule has 0 unspecified atom stereocenters. The van der Waals surface area contributed by atoms with Gasteiger partial charge in [0.15, 0.2) is 0 Å². The van der Waals surface area contributed by atoms with Crippen molar-refractivity contribution in [1.29, 1.82) is 0 Å². The summed E-state index contributed by atoms with van der Waals surface area (Å²) in [7, 11) is 3.45. The van der Waals surface area contributed by atoms with Crippen molar-refractivity contribution in [3.8, 4) is 0 Å². The Morgan fingerprint density at radius 1 is 1.15 bits per heavy atom. The van der Waals surface area contributed by atoms with E-state index < -0.39 is 0 Å². The van der Waals surface area contributed by atoms with Gasteiger partial charge >= 0.3 is 0 Å². The van der Waals surface area contributed by atoms with E-state index in [0.717, 1.165) is 11.3 Å². The van der Waals surface area contributed by atoms with E-state index in [1.807, 2.05) is 19.2 Å². The van der Waals surface area contributed by atoms with Crippen LogP contribution in [0.25, 0.3) is 0 Å². The maximum absolute atomic E-state index is 12.5. The Bertz CT molecular complexity index is 936. The van der Waals surface area contributed by atoms with Crippen molar-refractivity contribution in [2.24, 2.45) is 14.1 Å². The summed E-state index contributed by atoms with van der Waals surface area (Å²) in [5.41, 5.74) is 2.38. The van der Waals surface area contributed by atoms with Gasteiger partial charge in [-0.1, -0.05) is 0 Å². The number of aryl methyl sites for hydroxylation is 3. The van der Waals surface area contributed by atoms with Crippen molar-refractivity contribution in [3.05, 3.63) is 47.8 Å². The highest BCUT2D eigenvalue weighted by molar-refractivity contribution is 6.02. The van der Waals surface area contributed by atoms with Crippen molar-refractivity contribution < 1.29 is 9.59 Å². The molecule has 3 heterocycles. The number of anilines is 1. The van der Waals surface area contributed by atoms with E-state index >= 15 is 0 Å². The van der Waals surface area contributed by atoms with Crippen molar-refractivity contribution in [2.75, 3.05) is 5.32 Å². The molecule has 0 saturated carbocycles. The molecule has 10 nitrogen and oxygen atoms in total. The number of carbonyl (C=O) groups is 2. The number of carbonyl (C=O) groups excluding carboxylic acids is 2. The Morgan fingerprint density at radius 2 is 1.96 bits per heavy atom. The molecule has 0 bridgehead atoms. The summed E-state index contributed by atoms with van der Waals surface area (Å²) in [4.78, 5) is 24.8. The van der Waals surface area contributed by atoms with E-state index in [1.54, 1.807) is 35.9 Å². The fourth-order valence-electron chi connectivity index (χ4n) is 2.52. The largest absolute Gasteiger partial charge is 0.346 e. The third-order valence-corrected chi connectivity index (χ3v) is 3.86. The van der Waals surface area contributed by atoms with Gasteiger partial charge in [-0.15, -0.1) is 0 Å². The number of amides is 2. The van der Waals surface area contributed by atoms with Crippen LogP contribution in [0, 0.1) is 6.92 Å². The lowest BCUT2D eigenvalue weighted by Gasteiger charge is -2.09. The van der Waals surface area contributed by atoms with E-state index in [-0.39, 0.29) is 24.1 Å². The number of rotatable bonds is 6. The van der Waals surface area contributed by atoms with E-state index in [2.05, 4.69) is 25.9 Å². The molecular weight excluding hydrogens is 336 g/mol. The predicted octanol–water partition coefficient (Wildman–Crippen LogP) is 0.227. The van der Waals surface area contributed by atoms with Crippen LogP contribution in [0.1, 0.15) is 21.7 Å². The van der Waals surface area contributed by atoms with E-state index in [0.29, 0.717) is 12.2 Å². The normalized spacial score (nSPS) is 10.7. The molecule has 3 aromatic rings. The molecule has 0 spiro atoms. The molecule has 3 aromatic heterocycles. The first kappa shape index (κ1) is 17.4. The zero-order valence-electron chi connectivity index (χ0n) is 14.8. The Labute approximate surface area is 149 Å². The van der Waals surface area contributed by atoms with E-state index in [1.165, 1.54) is 10.9 Å². The molecule has 2 N–H and O–H groups in total. The van der Waals surface area contributed by atoms with Crippen LogP contribution in [-0.2, 0) is 32.0 Å². The van der Waals surface area contributed by atoms with Gasteiger partial charge in [0, 0.05) is 44.3 Å². The Morgan fingerprint density at radius 3 is 2.62 bits per heavy atom. The maximum atomic E-state index is 12.5. The fraction of sp³-hybridized carbons (Fsp3) is 0.312. The summed E-state index contributed by atoms with van der Waals surface area (Å²) < 4.78 is 4.66. The Kier molecular flexibility index (Phi) is 4.83. The second kappa shape index (κ2) is 7.21. The first-order valence-electron chi connectivity index (χ1n) is 8.00. The second-order valence-electron chi connectivity index (χ2n) is 5.91. The predicted molar refractivity (Wildman–Crippen MR) is 93.2 cm³/mol. The third kappa shape index (κ3) is 3.79. The molecule has 136 valence electrons. The molecule has 2 amide bonds. The quantitative estimate of drug-likeness (QED) is 0.656. The fourth-order valence-corrected chi connectivity index (χ4v) is 2.52.